The molecule has 1 atom stereocenters. The van der Waals surface area contributed by atoms with E-state index in [4.69, 9.17) is 4.74 Å². The number of hydrogen-bond donors (Lipinski definition) is 3. The first-order chi connectivity index (χ1) is 11.7. The predicted molar refractivity (Wildman–Crippen MR) is 92.6 cm³/mol. The van der Waals surface area contributed by atoms with Crippen molar-refractivity contribution in [3.8, 4) is 5.75 Å². The zero-order valence-corrected chi connectivity index (χ0v) is 14.4. The van der Waals surface area contributed by atoms with Gasteiger partial charge in [0.25, 0.3) is 5.91 Å². The number of aromatic amines is 1. The lowest BCUT2D eigenvalue weighted by Crippen LogP contribution is -2.31. The fraction of sp³-hybridized carbons (Fsp3) is 0.412. The lowest BCUT2D eigenvalue weighted by Gasteiger charge is -2.19. The Balaban J connectivity index is 0.00000182. The summed E-state index contributed by atoms with van der Waals surface area (Å²) < 4.78 is 19.5. The van der Waals surface area contributed by atoms with E-state index in [2.05, 4.69) is 20.8 Å². The Morgan fingerprint density at radius 3 is 3.16 bits per heavy atom. The van der Waals surface area contributed by atoms with Crippen LogP contribution in [0.2, 0.25) is 0 Å². The Labute approximate surface area is 150 Å². The average Bonchev–Trinajstić information content (AvgIpc) is 2.92. The van der Waals surface area contributed by atoms with E-state index in [1.54, 1.807) is 12.1 Å². The van der Waals surface area contributed by atoms with Crippen molar-refractivity contribution in [1.29, 1.82) is 0 Å². The maximum atomic E-state index is 14.0. The monoisotopic (exact) mass is 366 g/mol. The zero-order chi connectivity index (χ0) is 16.5. The highest BCUT2D eigenvalue weighted by molar-refractivity contribution is 5.94. The van der Waals surface area contributed by atoms with Gasteiger partial charge in [-0.1, -0.05) is 12.1 Å². The van der Waals surface area contributed by atoms with Crippen LogP contribution >= 0.6 is 12.4 Å². The zero-order valence-electron chi connectivity index (χ0n) is 13.6. The molecule has 1 aromatic carbocycles. The topological polar surface area (TPSA) is 79.0 Å². The van der Waals surface area contributed by atoms with Gasteiger partial charge in [0.1, 0.15) is 0 Å². The molecule has 0 spiro atoms. The lowest BCUT2D eigenvalue weighted by atomic mass is 10.0. The van der Waals surface area contributed by atoms with Gasteiger partial charge in [0.2, 0.25) is 0 Å². The van der Waals surface area contributed by atoms with Crippen molar-refractivity contribution in [2.75, 3.05) is 13.2 Å². The number of aromatic nitrogens is 2. The number of rotatable bonds is 2. The molecule has 0 bridgehead atoms. The molecule has 2 aliphatic heterocycles. The number of amides is 1. The van der Waals surface area contributed by atoms with Crippen molar-refractivity contribution >= 4 is 18.3 Å². The van der Waals surface area contributed by atoms with Gasteiger partial charge in [-0.25, -0.2) is 4.39 Å². The minimum Gasteiger partial charge on any atom is -0.490 e. The molecule has 25 heavy (non-hydrogen) atoms. The first-order valence-corrected chi connectivity index (χ1v) is 8.23. The summed E-state index contributed by atoms with van der Waals surface area (Å²) in [5, 5.41) is 13.4. The third-order valence-corrected chi connectivity index (χ3v) is 4.58. The second-order valence-corrected chi connectivity index (χ2v) is 6.13. The van der Waals surface area contributed by atoms with Crippen LogP contribution in [-0.2, 0) is 13.0 Å². The van der Waals surface area contributed by atoms with Gasteiger partial charge in [0, 0.05) is 36.3 Å². The maximum absolute atomic E-state index is 14.0. The molecule has 0 fully saturated rings. The Kier molecular flexibility index (Phi) is 5.24. The van der Waals surface area contributed by atoms with Gasteiger partial charge in [-0.05, 0) is 18.9 Å². The molecule has 6 nitrogen and oxygen atoms in total. The molecular weight excluding hydrogens is 347 g/mol. The van der Waals surface area contributed by atoms with Gasteiger partial charge >= 0.3 is 0 Å². The van der Waals surface area contributed by atoms with Crippen molar-refractivity contribution in [2.45, 2.75) is 31.8 Å². The van der Waals surface area contributed by atoms with E-state index in [1.165, 1.54) is 6.07 Å². The average molecular weight is 367 g/mol. The van der Waals surface area contributed by atoms with Crippen molar-refractivity contribution in [2.24, 2.45) is 0 Å². The first kappa shape index (κ1) is 17.7. The van der Waals surface area contributed by atoms with Gasteiger partial charge < -0.3 is 15.4 Å². The number of halogens is 2. The van der Waals surface area contributed by atoms with Gasteiger partial charge in [-0.15, -0.1) is 12.4 Å². The summed E-state index contributed by atoms with van der Waals surface area (Å²) in [5.74, 6) is -0.390. The molecule has 8 heteroatoms. The molecular formula is C17H20ClFN4O2. The summed E-state index contributed by atoms with van der Waals surface area (Å²) in [4.78, 5) is 12.7. The van der Waals surface area contributed by atoms with Crippen LogP contribution in [0.15, 0.2) is 18.2 Å². The van der Waals surface area contributed by atoms with Crippen LogP contribution in [0, 0.1) is 5.82 Å². The molecule has 1 aromatic heterocycles. The van der Waals surface area contributed by atoms with Gasteiger partial charge in [-0.3, -0.25) is 9.89 Å². The van der Waals surface area contributed by atoms with E-state index >= 15 is 0 Å². The highest BCUT2D eigenvalue weighted by Gasteiger charge is 2.27. The summed E-state index contributed by atoms with van der Waals surface area (Å²) in [7, 11) is 0. The van der Waals surface area contributed by atoms with E-state index in [9.17, 15) is 9.18 Å². The van der Waals surface area contributed by atoms with Crippen LogP contribution in [0.3, 0.4) is 0 Å². The smallest absolute Gasteiger partial charge is 0.272 e. The quantitative estimate of drug-likeness (QED) is 0.761. The highest BCUT2D eigenvalue weighted by atomic mass is 35.5. The Morgan fingerprint density at radius 2 is 2.28 bits per heavy atom. The fourth-order valence-corrected chi connectivity index (χ4v) is 3.36. The van der Waals surface area contributed by atoms with Gasteiger partial charge in [0.05, 0.1) is 12.6 Å². The number of ether oxygens (including phenoxy) is 1. The van der Waals surface area contributed by atoms with Crippen LogP contribution in [0.4, 0.5) is 4.39 Å². The van der Waals surface area contributed by atoms with Crippen molar-refractivity contribution in [3.05, 3.63) is 46.5 Å². The number of hydrogen-bond acceptors (Lipinski definition) is 4. The molecule has 3 N–H and O–H groups in total. The van der Waals surface area contributed by atoms with Gasteiger partial charge in [-0.2, -0.15) is 5.10 Å². The Morgan fingerprint density at radius 1 is 1.40 bits per heavy atom. The van der Waals surface area contributed by atoms with E-state index in [0.717, 1.165) is 30.6 Å². The predicted octanol–water partition coefficient (Wildman–Crippen LogP) is 2.26. The number of carbonyl (C=O) groups excluding carboxylic acids is 1. The minimum absolute atomic E-state index is 0. The molecule has 1 amide bonds. The Bertz CT molecular complexity index is 780. The van der Waals surface area contributed by atoms with Crippen molar-refractivity contribution in [3.63, 3.8) is 0 Å². The second kappa shape index (κ2) is 7.41. The van der Waals surface area contributed by atoms with Crippen molar-refractivity contribution in [1.82, 2.24) is 20.8 Å². The summed E-state index contributed by atoms with van der Waals surface area (Å²) in [5.41, 5.74) is 3.03. The lowest BCUT2D eigenvalue weighted by molar-refractivity contribution is 0.0928. The van der Waals surface area contributed by atoms with Gasteiger partial charge in [0.15, 0.2) is 17.3 Å². The normalized spacial score (nSPS) is 18.8. The minimum atomic E-state index is -0.394. The SMILES string of the molecule is Cl.O=C(NC1CCCOc2c(F)cccc21)c1n[nH]c2c1CNCC2. The van der Waals surface area contributed by atoms with Crippen LogP contribution in [0.25, 0.3) is 0 Å². The summed E-state index contributed by atoms with van der Waals surface area (Å²) in [6.45, 7) is 1.96. The standard InChI is InChI=1S/C17H19FN4O2.ClH/c18-12-4-1-3-10-13(5-2-8-24-16(10)12)20-17(23)15-11-9-19-7-6-14(11)21-22-15;/h1,3-4,13,19H,2,5-9H2,(H,20,23)(H,21,22);1H. The molecule has 4 rings (SSSR count). The molecule has 0 aliphatic carbocycles. The number of H-pyrrole nitrogens is 1. The number of fused-ring (bicyclic) bond motifs is 2. The van der Waals surface area contributed by atoms with E-state index in [-0.39, 0.29) is 30.1 Å². The highest BCUT2D eigenvalue weighted by Crippen LogP contribution is 2.33. The summed E-state index contributed by atoms with van der Waals surface area (Å²) >= 11 is 0. The summed E-state index contributed by atoms with van der Waals surface area (Å²) in [6.07, 6.45) is 2.28. The van der Waals surface area contributed by atoms with Crippen LogP contribution in [-0.4, -0.2) is 29.3 Å². The number of nitrogens with one attached hydrogen (secondary N) is 3. The summed E-state index contributed by atoms with van der Waals surface area (Å²) in [6, 6.07) is 4.53. The second-order valence-electron chi connectivity index (χ2n) is 6.13. The fourth-order valence-electron chi connectivity index (χ4n) is 3.36. The molecule has 0 radical (unpaired) electrons. The third-order valence-electron chi connectivity index (χ3n) is 4.58. The van der Waals surface area contributed by atoms with Crippen molar-refractivity contribution < 1.29 is 13.9 Å². The molecule has 3 heterocycles. The molecule has 0 saturated heterocycles. The molecule has 2 aromatic rings. The number of nitrogens with zero attached hydrogens (tertiary/aromatic N) is 1. The van der Waals surface area contributed by atoms with Crippen LogP contribution in [0.1, 0.15) is 46.2 Å². The van der Waals surface area contributed by atoms with E-state index < -0.39 is 5.82 Å². The maximum Gasteiger partial charge on any atom is 0.272 e. The van der Waals surface area contributed by atoms with E-state index in [1.807, 2.05) is 0 Å². The molecule has 2 aliphatic rings. The molecule has 0 saturated carbocycles. The van der Waals surface area contributed by atoms with Crippen LogP contribution in [0.5, 0.6) is 5.75 Å². The number of benzene rings is 1. The van der Waals surface area contributed by atoms with E-state index in [0.29, 0.717) is 30.8 Å². The third kappa shape index (κ3) is 3.34. The Hall–Kier alpha value is -2.12. The number of carbonyl (C=O) groups is 1. The van der Waals surface area contributed by atoms with Crippen LogP contribution < -0.4 is 15.4 Å². The number of para-hydroxylation sites is 1. The first-order valence-electron chi connectivity index (χ1n) is 8.23. The molecule has 134 valence electrons. The largest absolute Gasteiger partial charge is 0.490 e. The molecule has 1 unspecified atom stereocenters.